The summed E-state index contributed by atoms with van der Waals surface area (Å²) in [5, 5.41) is 8.47. The van der Waals surface area contributed by atoms with Crippen molar-refractivity contribution in [1.29, 1.82) is 0 Å². The van der Waals surface area contributed by atoms with Gasteiger partial charge in [0.1, 0.15) is 12.1 Å². The van der Waals surface area contributed by atoms with Gasteiger partial charge in [0.25, 0.3) is 0 Å². The molecule has 0 spiro atoms. The van der Waals surface area contributed by atoms with Crippen molar-refractivity contribution < 1.29 is 0 Å². The first-order valence-electron chi connectivity index (χ1n) is 9.00. The van der Waals surface area contributed by atoms with Crippen LogP contribution in [-0.4, -0.2) is 65.3 Å². The molecule has 0 bridgehead atoms. The first-order valence-corrected chi connectivity index (χ1v) is 9.00. The third-order valence-corrected chi connectivity index (χ3v) is 4.90. The maximum absolute atomic E-state index is 4.43. The van der Waals surface area contributed by atoms with Gasteiger partial charge in [0.15, 0.2) is 0 Å². The minimum atomic E-state index is 0.911. The summed E-state index contributed by atoms with van der Waals surface area (Å²) in [7, 11) is 4.04. The normalized spacial score (nSPS) is 15.6. The highest BCUT2D eigenvalue weighted by atomic mass is 15.3. The molecular weight excluding hydrogens is 326 g/mol. The van der Waals surface area contributed by atoms with Crippen LogP contribution >= 0.6 is 0 Å². The number of aromatic amines is 1. The van der Waals surface area contributed by atoms with Crippen molar-refractivity contribution in [3.63, 3.8) is 0 Å². The average molecular weight is 351 g/mol. The summed E-state index contributed by atoms with van der Waals surface area (Å²) >= 11 is 0. The molecule has 0 saturated carbocycles. The van der Waals surface area contributed by atoms with Crippen LogP contribution in [0, 0.1) is 6.92 Å². The lowest BCUT2D eigenvalue weighted by atomic mass is 10.1. The number of fused-ring (bicyclic) bond motifs is 1. The molecule has 1 fully saturated rings. The molecule has 1 saturated heterocycles. The number of nitrogens with one attached hydrogen (secondary N) is 1. The smallest absolute Gasteiger partial charge is 0.139 e. The number of anilines is 2. The van der Waals surface area contributed by atoms with Gasteiger partial charge in [-0.3, -0.25) is 10.00 Å². The molecule has 136 valence electrons. The van der Waals surface area contributed by atoms with Crippen molar-refractivity contribution in [3.8, 4) is 0 Å². The van der Waals surface area contributed by atoms with Gasteiger partial charge >= 0.3 is 0 Å². The fourth-order valence-corrected chi connectivity index (χ4v) is 3.53. The standard InChI is InChI=1S/C19H25N7/c1-14-10-15(23-22-14)12-25-6-8-26(9-7-25)16-4-5-18-17(11-16)19(24(2)3)21-13-20-18/h4-5,10-11,13H,6-9,12H2,1-3H3,(H,22,23). The molecule has 0 radical (unpaired) electrons. The summed E-state index contributed by atoms with van der Waals surface area (Å²) < 4.78 is 0. The van der Waals surface area contributed by atoms with Crippen molar-refractivity contribution in [2.75, 3.05) is 50.1 Å². The first-order chi connectivity index (χ1) is 12.6. The van der Waals surface area contributed by atoms with Gasteiger partial charge in [-0.15, -0.1) is 0 Å². The molecule has 7 heteroatoms. The van der Waals surface area contributed by atoms with Gasteiger partial charge in [-0.2, -0.15) is 5.10 Å². The quantitative estimate of drug-likeness (QED) is 0.776. The van der Waals surface area contributed by atoms with Crippen LogP contribution in [0.2, 0.25) is 0 Å². The van der Waals surface area contributed by atoms with Gasteiger partial charge in [0, 0.05) is 63.6 Å². The van der Waals surface area contributed by atoms with Gasteiger partial charge in [-0.25, -0.2) is 9.97 Å². The van der Waals surface area contributed by atoms with Gasteiger partial charge < -0.3 is 9.80 Å². The number of H-pyrrole nitrogens is 1. The highest BCUT2D eigenvalue weighted by molar-refractivity contribution is 5.91. The van der Waals surface area contributed by atoms with Crippen molar-refractivity contribution in [2.24, 2.45) is 0 Å². The monoisotopic (exact) mass is 351 g/mol. The largest absolute Gasteiger partial charge is 0.369 e. The minimum absolute atomic E-state index is 0.911. The molecule has 1 aromatic carbocycles. The molecule has 4 rings (SSSR count). The van der Waals surface area contributed by atoms with E-state index in [1.54, 1.807) is 6.33 Å². The second-order valence-electron chi connectivity index (χ2n) is 7.10. The zero-order valence-corrected chi connectivity index (χ0v) is 15.6. The van der Waals surface area contributed by atoms with Crippen LogP contribution in [-0.2, 0) is 6.54 Å². The van der Waals surface area contributed by atoms with Crippen LogP contribution in [0.1, 0.15) is 11.4 Å². The molecule has 1 aliphatic rings. The van der Waals surface area contributed by atoms with Gasteiger partial charge in [0.05, 0.1) is 11.2 Å². The Hall–Kier alpha value is -2.67. The fraction of sp³-hybridized carbons (Fsp3) is 0.421. The van der Waals surface area contributed by atoms with E-state index in [0.717, 1.165) is 60.8 Å². The van der Waals surface area contributed by atoms with E-state index in [0.29, 0.717) is 0 Å². The van der Waals surface area contributed by atoms with E-state index in [1.807, 2.05) is 25.9 Å². The number of rotatable bonds is 4. The van der Waals surface area contributed by atoms with Crippen LogP contribution < -0.4 is 9.80 Å². The number of aryl methyl sites for hydroxylation is 1. The SMILES string of the molecule is Cc1cc(CN2CCN(c3ccc4ncnc(N(C)C)c4c3)CC2)n[nH]1. The zero-order valence-electron chi connectivity index (χ0n) is 15.6. The molecule has 0 unspecified atom stereocenters. The lowest BCUT2D eigenvalue weighted by Crippen LogP contribution is -2.46. The van der Waals surface area contributed by atoms with Crippen LogP contribution in [0.3, 0.4) is 0 Å². The van der Waals surface area contributed by atoms with Crippen LogP contribution in [0.4, 0.5) is 11.5 Å². The maximum Gasteiger partial charge on any atom is 0.139 e. The summed E-state index contributed by atoms with van der Waals surface area (Å²) in [4.78, 5) is 15.8. The molecule has 2 aromatic heterocycles. The predicted molar refractivity (Wildman–Crippen MR) is 105 cm³/mol. The zero-order chi connectivity index (χ0) is 18.1. The minimum Gasteiger partial charge on any atom is -0.369 e. The maximum atomic E-state index is 4.43. The van der Waals surface area contributed by atoms with Crippen LogP contribution in [0.5, 0.6) is 0 Å². The molecule has 1 aliphatic heterocycles. The van der Waals surface area contributed by atoms with Gasteiger partial charge in [-0.1, -0.05) is 0 Å². The second kappa shape index (κ2) is 6.92. The first kappa shape index (κ1) is 16.8. The van der Waals surface area contributed by atoms with E-state index in [9.17, 15) is 0 Å². The Morgan fingerprint density at radius 3 is 2.58 bits per heavy atom. The molecule has 0 atom stereocenters. The summed E-state index contributed by atoms with van der Waals surface area (Å²) in [5.74, 6) is 0.962. The second-order valence-corrected chi connectivity index (χ2v) is 7.10. The summed E-state index contributed by atoms with van der Waals surface area (Å²) in [6.07, 6.45) is 1.63. The number of hydrogen-bond donors (Lipinski definition) is 1. The van der Waals surface area contributed by atoms with Crippen molar-refractivity contribution >= 4 is 22.4 Å². The lowest BCUT2D eigenvalue weighted by molar-refractivity contribution is 0.247. The number of hydrogen-bond acceptors (Lipinski definition) is 6. The van der Waals surface area contributed by atoms with Crippen LogP contribution in [0.25, 0.3) is 10.9 Å². The third kappa shape index (κ3) is 3.35. The number of nitrogens with zero attached hydrogens (tertiary/aromatic N) is 6. The van der Waals surface area contributed by atoms with Gasteiger partial charge in [-0.05, 0) is 31.2 Å². The highest BCUT2D eigenvalue weighted by Crippen LogP contribution is 2.27. The summed E-state index contributed by atoms with van der Waals surface area (Å²) in [6, 6.07) is 8.61. The molecule has 7 nitrogen and oxygen atoms in total. The molecule has 3 aromatic rings. The van der Waals surface area contributed by atoms with Crippen LogP contribution in [0.15, 0.2) is 30.6 Å². The number of benzene rings is 1. The Labute approximate surface area is 153 Å². The summed E-state index contributed by atoms with van der Waals surface area (Å²) in [6.45, 7) is 7.06. The molecule has 0 amide bonds. The predicted octanol–water partition coefficient (Wildman–Crippen LogP) is 2.05. The fourth-order valence-electron chi connectivity index (χ4n) is 3.53. The highest BCUT2D eigenvalue weighted by Gasteiger charge is 2.19. The Balaban J connectivity index is 1.48. The van der Waals surface area contributed by atoms with Gasteiger partial charge in [0.2, 0.25) is 0 Å². The Kier molecular flexibility index (Phi) is 4.46. The van der Waals surface area contributed by atoms with E-state index in [4.69, 9.17) is 0 Å². The Morgan fingerprint density at radius 1 is 1.08 bits per heavy atom. The van der Waals surface area contributed by atoms with Crippen molar-refractivity contribution in [2.45, 2.75) is 13.5 Å². The van der Waals surface area contributed by atoms with Crippen molar-refractivity contribution in [1.82, 2.24) is 25.1 Å². The van der Waals surface area contributed by atoms with E-state index in [1.165, 1.54) is 5.69 Å². The summed E-state index contributed by atoms with van der Waals surface area (Å²) in [5.41, 5.74) is 4.47. The topological polar surface area (TPSA) is 64.2 Å². The molecule has 1 N–H and O–H groups in total. The number of aromatic nitrogens is 4. The van der Waals surface area contributed by atoms with E-state index < -0.39 is 0 Å². The molecule has 3 heterocycles. The lowest BCUT2D eigenvalue weighted by Gasteiger charge is -2.36. The molecular formula is C19H25N7. The number of piperazine rings is 1. The molecule has 0 aliphatic carbocycles. The molecule has 26 heavy (non-hydrogen) atoms. The average Bonchev–Trinajstić information content (AvgIpc) is 3.06. The Morgan fingerprint density at radius 2 is 1.88 bits per heavy atom. The van der Waals surface area contributed by atoms with E-state index in [2.05, 4.69) is 54.2 Å². The Bertz CT molecular complexity index is 894. The van der Waals surface area contributed by atoms with E-state index >= 15 is 0 Å². The van der Waals surface area contributed by atoms with Crippen molar-refractivity contribution in [3.05, 3.63) is 42.0 Å². The van der Waals surface area contributed by atoms with E-state index in [-0.39, 0.29) is 0 Å². The third-order valence-electron chi connectivity index (χ3n) is 4.90.